The number of pyridine rings is 1. The van der Waals surface area contributed by atoms with Crippen molar-refractivity contribution in [1.82, 2.24) is 4.98 Å². The smallest absolute Gasteiger partial charge is 0.339 e. The molecule has 0 fully saturated rings. The first-order valence-electron chi connectivity index (χ1n) is 6.01. The summed E-state index contributed by atoms with van der Waals surface area (Å²) < 4.78 is 6.26. The van der Waals surface area contributed by atoms with Crippen LogP contribution in [0.1, 0.15) is 27.2 Å². The molecule has 1 N–H and O–H groups in total. The molecule has 0 aliphatic heterocycles. The monoisotopic (exact) mass is 346 g/mol. The zero-order valence-corrected chi connectivity index (χ0v) is 12.9. The average Bonchev–Trinajstić information content (AvgIpc) is 2.37. The molecule has 0 atom stereocenters. The van der Waals surface area contributed by atoms with Crippen molar-refractivity contribution in [2.24, 2.45) is 0 Å². The van der Waals surface area contributed by atoms with Crippen LogP contribution >= 0.6 is 15.9 Å². The Kier molecular flexibility index (Phi) is 4.24. The van der Waals surface area contributed by atoms with Crippen LogP contribution < -0.4 is 4.74 Å². The van der Waals surface area contributed by atoms with E-state index in [1.54, 1.807) is 26.0 Å². The SMILES string of the molecule is Cc1cc(C)c(C#N)c(Oc2cc(Br)ccc2C(=O)O)n1. The van der Waals surface area contributed by atoms with Gasteiger partial charge in [-0.25, -0.2) is 9.78 Å². The molecule has 0 aliphatic rings. The molecule has 0 bridgehead atoms. The van der Waals surface area contributed by atoms with Crippen LogP contribution in [0.2, 0.25) is 0 Å². The highest BCUT2D eigenvalue weighted by molar-refractivity contribution is 9.10. The molecule has 1 aromatic heterocycles. The summed E-state index contributed by atoms with van der Waals surface area (Å²) in [6.07, 6.45) is 0. The van der Waals surface area contributed by atoms with Gasteiger partial charge in [-0.1, -0.05) is 15.9 Å². The largest absolute Gasteiger partial charge is 0.478 e. The van der Waals surface area contributed by atoms with Crippen LogP contribution in [0.15, 0.2) is 28.7 Å². The van der Waals surface area contributed by atoms with E-state index in [-0.39, 0.29) is 22.8 Å². The maximum Gasteiger partial charge on any atom is 0.339 e. The maximum atomic E-state index is 11.2. The van der Waals surface area contributed by atoms with Crippen LogP contribution in [0, 0.1) is 25.2 Å². The molecule has 0 spiro atoms. The number of rotatable bonds is 3. The second kappa shape index (κ2) is 5.94. The zero-order chi connectivity index (χ0) is 15.6. The second-order valence-electron chi connectivity index (χ2n) is 4.42. The van der Waals surface area contributed by atoms with Crippen LogP contribution in [0.4, 0.5) is 0 Å². The number of aryl methyl sites for hydroxylation is 2. The third-order valence-corrected chi connectivity index (χ3v) is 3.30. The van der Waals surface area contributed by atoms with Gasteiger partial charge >= 0.3 is 5.97 Å². The molecule has 5 nitrogen and oxygen atoms in total. The lowest BCUT2D eigenvalue weighted by Gasteiger charge is -2.11. The topological polar surface area (TPSA) is 83.2 Å². The van der Waals surface area contributed by atoms with E-state index in [4.69, 9.17) is 4.74 Å². The molecule has 1 heterocycles. The van der Waals surface area contributed by atoms with E-state index in [2.05, 4.69) is 20.9 Å². The molecule has 0 saturated carbocycles. The Balaban J connectivity index is 2.55. The number of aromatic nitrogens is 1. The number of ether oxygens (including phenoxy) is 1. The molecule has 6 heteroatoms. The maximum absolute atomic E-state index is 11.2. The summed E-state index contributed by atoms with van der Waals surface area (Å²) in [5.74, 6) is -0.873. The highest BCUT2D eigenvalue weighted by atomic mass is 79.9. The number of nitrogens with zero attached hydrogens (tertiary/aromatic N) is 2. The van der Waals surface area contributed by atoms with Crippen LogP contribution in [0.25, 0.3) is 0 Å². The molecule has 2 rings (SSSR count). The summed E-state index contributed by atoms with van der Waals surface area (Å²) in [4.78, 5) is 15.4. The molecule has 0 unspecified atom stereocenters. The Labute approximate surface area is 129 Å². The van der Waals surface area contributed by atoms with Crippen molar-refractivity contribution in [3.63, 3.8) is 0 Å². The number of hydrogen-bond donors (Lipinski definition) is 1. The summed E-state index contributed by atoms with van der Waals surface area (Å²) in [6.45, 7) is 3.55. The van der Waals surface area contributed by atoms with Gasteiger partial charge in [-0.2, -0.15) is 5.26 Å². The Hall–Kier alpha value is -2.39. The van der Waals surface area contributed by atoms with Gasteiger partial charge in [0.1, 0.15) is 22.9 Å². The molecule has 2 aromatic rings. The van der Waals surface area contributed by atoms with Crippen molar-refractivity contribution < 1.29 is 14.6 Å². The molecule has 0 aliphatic carbocycles. The molecular formula is C15H11BrN2O3. The first kappa shape index (κ1) is 15.0. The molecule has 0 saturated heterocycles. The Morgan fingerprint density at radius 3 is 2.71 bits per heavy atom. The standard InChI is InChI=1S/C15H11BrN2O3/c1-8-5-9(2)18-14(12(8)7-17)21-13-6-10(16)3-4-11(13)15(19)20/h3-6H,1-2H3,(H,19,20). The third-order valence-electron chi connectivity index (χ3n) is 2.80. The first-order valence-corrected chi connectivity index (χ1v) is 6.80. The molecule has 106 valence electrons. The number of carbonyl (C=O) groups is 1. The number of hydrogen-bond acceptors (Lipinski definition) is 4. The van der Waals surface area contributed by atoms with Gasteiger partial charge in [0.25, 0.3) is 0 Å². The van der Waals surface area contributed by atoms with Crippen molar-refractivity contribution in [3.05, 3.63) is 51.1 Å². The second-order valence-corrected chi connectivity index (χ2v) is 5.34. The van der Waals surface area contributed by atoms with E-state index < -0.39 is 5.97 Å². The number of carboxylic acids is 1. The lowest BCUT2D eigenvalue weighted by atomic mass is 10.1. The number of halogens is 1. The fourth-order valence-electron chi connectivity index (χ4n) is 1.87. The van der Waals surface area contributed by atoms with E-state index in [9.17, 15) is 15.2 Å². The van der Waals surface area contributed by atoms with E-state index in [1.807, 2.05) is 6.07 Å². The van der Waals surface area contributed by atoms with Crippen molar-refractivity contribution in [2.45, 2.75) is 13.8 Å². The number of benzene rings is 1. The molecule has 21 heavy (non-hydrogen) atoms. The highest BCUT2D eigenvalue weighted by Crippen LogP contribution is 2.30. The van der Waals surface area contributed by atoms with Crippen molar-refractivity contribution in [2.75, 3.05) is 0 Å². The van der Waals surface area contributed by atoms with Crippen LogP contribution in [-0.2, 0) is 0 Å². The Bertz CT molecular complexity index is 766. The highest BCUT2D eigenvalue weighted by Gasteiger charge is 2.16. The molecule has 0 radical (unpaired) electrons. The minimum Gasteiger partial charge on any atom is -0.478 e. The summed E-state index contributed by atoms with van der Waals surface area (Å²) in [6, 6.07) is 8.36. The number of nitriles is 1. The summed E-state index contributed by atoms with van der Waals surface area (Å²) in [5.41, 5.74) is 1.71. The Morgan fingerprint density at radius 1 is 1.38 bits per heavy atom. The van der Waals surface area contributed by atoms with E-state index >= 15 is 0 Å². The first-order chi connectivity index (χ1) is 9.92. The van der Waals surface area contributed by atoms with Gasteiger partial charge in [-0.15, -0.1) is 0 Å². The fraction of sp³-hybridized carbons (Fsp3) is 0.133. The van der Waals surface area contributed by atoms with Crippen LogP contribution in [0.5, 0.6) is 11.6 Å². The van der Waals surface area contributed by atoms with E-state index in [1.165, 1.54) is 12.1 Å². The lowest BCUT2D eigenvalue weighted by Crippen LogP contribution is -2.03. The van der Waals surface area contributed by atoms with Crippen molar-refractivity contribution in [1.29, 1.82) is 5.26 Å². The zero-order valence-electron chi connectivity index (χ0n) is 11.3. The summed E-state index contributed by atoms with van der Waals surface area (Å²) in [7, 11) is 0. The van der Waals surface area contributed by atoms with Crippen LogP contribution in [-0.4, -0.2) is 16.1 Å². The normalized spacial score (nSPS) is 10.0. The van der Waals surface area contributed by atoms with Crippen molar-refractivity contribution in [3.8, 4) is 17.7 Å². The summed E-state index contributed by atoms with van der Waals surface area (Å²) >= 11 is 3.26. The number of carboxylic acid groups (broad SMARTS) is 1. The van der Waals surface area contributed by atoms with Gasteiger partial charge in [0.05, 0.1) is 0 Å². The molecular weight excluding hydrogens is 336 g/mol. The predicted octanol–water partition coefficient (Wildman–Crippen LogP) is 3.82. The predicted molar refractivity (Wildman–Crippen MR) is 79.6 cm³/mol. The minimum absolute atomic E-state index is 0.00282. The quantitative estimate of drug-likeness (QED) is 0.912. The third kappa shape index (κ3) is 3.20. The van der Waals surface area contributed by atoms with Gasteiger partial charge < -0.3 is 9.84 Å². The van der Waals surface area contributed by atoms with Gasteiger partial charge in [0.2, 0.25) is 5.88 Å². The lowest BCUT2D eigenvalue weighted by molar-refractivity contribution is 0.0694. The van der Waals surface area contributed by atoms with Crippen LogP contribution in [0.3, 0.4) is 0 Å². The molecule has 0 amide bonds. The van der Waals surface area contributed by atoms with E-state index in [0.717, 1.165) is 5.56 Å². The van der Waals surface area contributed by atoms with Gasteiger partial charge in [-0.05, 0) is 43.7 Å². The van der Waals surface area contributed by atoms with Gasteiger partial charge in [0, 0.05) is 10.2 Å². The fourth-order valence-corrected chi connectivity index (χ4v) is 2.21. The molecule has 1 aromatic carbocycles. The van der Waals surface area contributed by atoms with Crippen molar-refractivity contribution >= 4 is 21.9 Å². The number of aromatic carboxylic acids is 1. The Morgan fingerprint density at radius 2 is 2.10 bits per heavy atom. The van der Waals surface area contributed by atoms with E-state index in [0.29, 0.717) is 10.2 Å². The summed E-state index contributed by atoms with van der Waals surface area (Å²) in [5, 5.41) is 18.4. The average molecular weight is 347 g/mol. The van der Waals surface area contributed by atoms with Gasteiger partial charge in [-0.3, -0.25) is 0 Å². The van der Waals surface area contributed by atoms with Gasteiger partial charge in [0.15, 0.2) is 0 Å². The minimum atomic E-state index is -1.11.